The van der Waals surface area contributed by atoms with Gasteiger partial charge in [-0.2, -0.15) is 0 Å². The number of morpholine rings is 1. The maximum Gasteiger partial charge on any atom is 0.0663 e. The van der Waals surface area contributed by atoms with E-state index in [1.165, 1.54) is 5.69 Å². The summed E-state index contributed by atoms with van der Waals surface area (Å²) >= 11 is 0. The molecule has 0 spiro atoms. The van der Waals surface area contributed by atoms with Gasteiger partial charge in [0.1, 0.15) is 0 Å². The monoisotopic (exact) mass is 230 g/mol. The third-order valence-corrected chi connectivity index (χ3v) is 2.96. The van der Waals surface area contributed by atoms with E-state index < -0.39 is 0 Å². The van der Waals surface area contributed by atoms with Crippen LogP contribution in [0.25, 0.3) is 0 Å². The van der Waals surface area contributed by atoms with Gasteiger partial charge in [-0.05, 0) is 12.0 Å². The van der Waals surface area contributed by atoms with Crippen LogP contribution in [0.1, 0.15) is 31.0 Å². The molecule has 1 aliphatic rings. The number of rotatable bonds is 2. The molecular formula is C14H18N2O. The Balaban J connectivity index is 2.37. The smallest absolute Gasteiger partial charge is 0.0663 e. The number of nitrogens with zero attached hydrogens (tertiary/aromatic N) is 2. The Morgan fingerprint density at radius 1 is 1.41 bits per heavy atom. The fraction of sp³-hybridized carbons (Fsp3) is 0.500. The van der Waals surface area contributed by atoms with Crippen molar-refractivity contribution in [2.75, 3.05) is 31.2 Å². The second-order valence-corrected chi connectivity index (χ2v) is 4.53. The SMILES string of the molecule is C#Cc1cnc(C(C)C)c(N2CCOCC2)c1. The molecule has 1 fully saturated rings. The highest BCUT2D eigenvalue weighted by Gasteiger charge is 2.17. The predicted molar refractivity (Wildman–Crippen MR) is 69.3 cm³/mol. The lowest BCUT2D eigenvalue weighted by Crippen LogP contribution is -2.37. The van der Waals surface area contributed by atoms with E-state index in [1.807, 2.05) is 0 Å². The summed E-state index contributed by atoms with van der Waals surface area (Å²) in [5.74, 6) is 3.05. The first-order valence-electron chi connectivity index (χ1n) is 6.01. The lowest BCUT2D eigenvalue weighted by atomic mass is 10.1. The topological polar surface area (TPSA) is 25.4 Å². The Labute approximate surface area is 103 Å². The molecule has 0 aliphatic carbocycles. The van der Waals surface area contributed by atoms with Crippen LogP contribution in [-0.4, -0.2) is 31.3 Å². The molecule has 2 rings (SSSR count). The van der Waals surface area contributed by atoms with E-state index in [1.54, 1.807) is 6.20 Å². The zero-order chi connectivity index (χ0) is 12.3. The van der Waals surface area contributed by atoms with E-state index in [4.69, 9.17) is 11.2 Å². The minimum Gasteiger partial charge on any atom is -0.378 e. The normalized spacial score (nSPS) is 16.0. The Bertz CT molecular complexity index is 428. The van der Waals surface area contributed by atoms with Gasteiger partial charge in [0.15, 0.2) is 0 Å². The summed E-state index contributed by atoms with van der Waals surface area (Å²) in [6, 6.07) is 2.06. The molecular weight excluding hydrogens is 212 g/mol. The van der Waals surface area contributed by atoms with Crippen molar-refractivity contribution in [2.45, 2.75) is 19.8 Å². The van der Waals surface area contributed by atoms with Crippen molar-refractivity contribution in [3.05, 3.63) is 23.5 Å². The summed E-state index contributed by atoms with van der Waals surface area (Å²) < 4.78 is 5.38. The average Bonchev–Trinajstić information content (AvgIpc) is 2.39. The maximum absolute atomic E-state index is 5.44. The molecule has 1 aliphatic heterocycles. The van der Waals surface area contributed by atoms with E-state index in [0.717, 1.165) is 37.6 Å². The standard InChI is InChI=1S/C14H18N2O/c1-4-12-9-13(14(11(2)3)15-10-12)16-5-7-17-8-6-16/h1,9-11H,5-8H2,2-3H3. The molecule has 17 heavy (non-hydrogen) atoms. The minimum atomic E-state index is 0.402. The van der Waals surface area contributed by atoms with Crippen LogP contribution in [0, 0.1) is 12.3 Å². The largest absolute Gasteiger partial charge is 0.378 e. The molecule has 0 unspecified atom stereocenters. The molecule has 0 amide bonds. The number of aromatic nitrogens is 1. The summed E-state index contributed by atoms with van der Waals surface area (Å²) in [5, 5.41) is 0. The third-order valence-electron chi connectivity index (χ3n) is 2.96. The molecule has 0 atom stereocenters. The summed E-state index contributed by atoms with van der Waals surface area (Å²) in [6.45, 7) is 7.68. The summed E-state index contributed by atoms with van der Waals surface area (Å²) in [5.41, 5.74) is 3.13. The highest BCUT2D eigenvalue weighted by molar-refractivity contribution is 5.56. The van der Waals surface area contributed by atoms with Crippen molar-refractivity contribution >= 4 is 5.69 Å². The molecule has 1 aromatic heterocycles. The zero-order valence-corrected chi connectivity index (χ0v) is 10.4. The number of anilines is 1. The van der Waals surface area contributed by atoms with E-state index >= 15 is 0 Å². The highest BCUT2D eigenvalue weighted by Crippen LogP contribution is 2.27. The van der Waals surface area contributed by atoms with Crippen molar-refractivity contribution < 1.29 is 4.74 Å². The first-order valence-corrected chi connectivity index (χ1v) is 6.01. The average molecular weight is 230 g/mol. The second kappa shape index (κ2) is 5.20. The van der Waals surface area contributed by atoms with Crippen LogP contribution in [-0.2, 0) is 4.74 Å². The van der Waals surface area contributed by atoms with Crippen LogP contribution in [0.4, 0.5) is 5.69 Å². The van der Waals surface area contributed by atoms with Gasteiger partial charge in [-0.1, -0.05) is 19.8 Å². The Kier molecular flexibility index (Phi) is 3.65. The van der Waals surface area contributed by atoms with Crippen LogP contribution >= 0.6 is 0 Å². The number of terminal acetylenes is 1. The number of pyridine rings is 1. The quantitative estimate of drug-likeness (QED) is 0.727. The van der Waals surface area contributed by atoms with E-state index in [-0.39, 0.29) is 0 Å². The minimum absolute atomic E-state index is 0.402. The van der Waals surface area contributed by atoms with Crippen LogP contribution < -0.4 is 4.90 Å². The zero-order valence-electron chi connectivity index (χ0n) is 10.4. The van der Waals surface area contributed by atoms with Gasteiger partial charge in [0.05, 0.1) is 24.6 Å². The van der Waals surface area contributed by atoms with Gasteiger partial charge < -0.3 is 9.64 Å². The Morgan fingerprint density at radius 2 is 2.12 bits per heavy atom. The molecule has 3 nitrogen and oxygen atoms in total. The summed E-state index contributed by atoms with van der Waals surface area (Å²) in [6.07, 6.45) is 7.22. The van der Waals surface area contributed by atoms with Gasteiger partial charge in [-0.15, -0.1) is 6.42 Å². The van der Waals surface area contributed by atoms with Gasteiger partial charge in [-0.25, -0.2) is 0 Å². The van der Waals surface area contributed by atoms with Crippen molar-refractivity contribution in [1.29, 1.82) is 0 Å². The van der Waals surface area contributed by atoms with Crippen molar-refractivity contribution in [3.8, 4) is 12.3 Å². The van der Waals surface area contributed by atoms with Crippen molar-refractivity contribution in [2.24, 2.45) is 0 Å². The molecule has 0 aromatic carbocycles. The van der Waals surface area contributed by atoms with E-state index in [2.05, 4.69) is 35.7 Å². The second-order valence-electron chi connectivity index (χ2n) is 4.53. The fourth-order valence-corrected chi connectivity index (χ4v) is 2.05. The molecule has 3 heteroatoms. The predicted octanol–water partition coefficient (Wildman–Crippen LogP) is 2.02. The molecule has 90 valence electrons. The van der Waals surface area contributed by atoms with Gasteiger partial charge >= 0.3 is 0 Å². The summed E-state index contributed by atoms with van der Waals surface area (Å²) in [7, 11) is 0. The first-order chi connectivity index (χ1) is 8.22. The fourth-order valence-electron chi connectivity index (χ4n) is 2.05. The number of hydrogen-bond acceptors (Lipinski definition) is 3. The molecule has 1 saturated heterocycles. The molecule has 2 heterocycles. The van der Waals surface area contributed by atoms with Gasteiger partial charge in [0.2, 0.25) is 0 Å². The number of ether oxygens (including phenoxy) is 1. The number of hydrogen-bond donors (Lipinski definition) is 0. The van der Waals surface area contributed by atoms with Crippen molar-refractivity contribution in [3.63, 3.8) is 0 Å². The molecule has 0 N–H and O–H groups in total. The lowest BCUT2D eigenvalue weighted by molar-refractivity contribution is 0.122. The molecule has 0 radical (unpaired) electrons. The maximum atomic E-state index is 5.44. The Morgan fingerprint density at radius 3 is 2.71 bits per heavy atom. The highest BCUT2D eigenvalue weighted by atomic mass is 16.5. The van der Waals surface area contributed by atoms with Crippen LogP contribution in [0.2, 0.25) is 0 Å². The van der Waals surface area contributed by atoms with Crippen LogP contribution in [0.3, 0.4) is 0 Å². The van der Waals surface area contributed by atoms with Gasteiger partial charge in [0, 0.05) is 24.8 Å². The van der Waals surface area contributed by atoms with Gasteiger partial charge in [0.25, 0.3) is 0 Å². The molecule has 0 saturated carbocycles. The third kappa shape index (κ3) is 2.59. The Hall–Kier alpha value is -1.53. The van der Waals surface area contributed by atoms with Gasteiger partial charge in [-0.3, -0.25) is 4.98 Å². The van der Waals surface area contributed by atoms with E-state index in [0.29, 0.717) is 5.92 Å². The van der Waals surface area contributed by atoms with E-state index in [9.17, 15) is 0 Å². The molecule has 0 bridgehead atoms. The van der Waals surface area contributed by atoms with Crippen molar-refractivity contribution in [1.82, 2.24) is 4.98 Å². The van der Waals surface area contributed by atoms with Crippen LogP contribution in [0.5, 0.6) is 0 Å². The lowest BCUT2D eigenvalue weighted by Gasteiger charge is -2.31. The van der Waals surface area contributed by atoms with Crippen LogP contribution in [0.15, 0.2) is 12.3 Å². The molecule has 1 aromatic rings. The first kappa shape index (κ1) is 11.9. The summed E-state index contributed by atoms with van der Waals surface area (Å²) in [4.78, 5) is 6.81.